The van der Waals surface area contributed by atoms with Crippen molar-refractivity contribution in [1.82, 2.24) is 15.2 Å². The Morgan fingerprint density at radius 3 is 2.40 bits per heavy atom. The van der Waals surface area contributed by atoms with E-state index in [2.05, 4.69) is 25.4 Å². The number of rotatable bonds is 12. The second-order valence-corrected chi connectivity index (χ2v) is 10.9. The molecule has 2 aliphatic rings. The summed E-state index contributed by atoms with van der Waals surface area (Å²) in [6.07, 6.45) is -1.89. The number of hydrogen-bond acceptors (Lipinski definition) is 10. The third-order valence-electron chi connectivity index (χ3n) is 8.03. The Labute approximate surface area is 260 Å². The van der Waals surface area contributed by atoms with Gasteiger partial charge in [-0.25, -0.2) is 9.78 Å². The minimum Gasteiger partial charge on any atom is -0.494 e. The van der Waals surface area contributed by atoms with Crippen LogP contribution in [0.3, 0.4) is 0 Å². The Hall–Kier alpha value is -3.97. The fraction of sp³-hybridized carbons (Fsp3) is 0.500. The van der Waals surface area contributed by atoms with Gasteiger partial charge in [0.2, 0.25) is 0 Å². The second-order valence-electron chi connectivity index (χ2n) is 10.9. The summed E-state index contributed by atoms with van der Waals surface area (Å²) < 4.78 is 66.9. The molecule has 0 saturated carbocycles. The van der Waals surface area contributed by atoms with Gasteiger partial charge in [0.15, 0.2) is 11.5 Å². The number of nitrogens with zero attached hydrogens (tertiary/aromatic N) is 3. The van der Waals surface area contributed by atoms with Gasteiger partial charge in [0.1, 0.15) is 17.1 Å². The predicted octanol–water partition coefficient (Wildman–Crippen LogP) is 5.47. The van der Waals surface area contributed by atoms with E-state index in [1.807, 2.05) is 6.07 Å². The average Bonchev–Trinajstić information content (AvgIpc) is 3.56. The topological polar surface area (TPSA) is 97.4 Å². The highest BCUT2D eigenvalue weighted by Gasteiger charge is 2.41. The number of likely N-dealkylation sites (tertiary alicyclic amines) is 1. The molecule has 1 aromatic heterocycles. The van der Waals surface area contributed by atoms with Crippen molar-refractivity contribution in [3.05, 3.63) is 41.5 Å². The van der Waals surface area contributed by atoms with Crippen LogP contribution in [0.1, 0.15) is 42.1 Å². The van der Waals surface area contributed by atoms with Crippen molar-refractivity contribution < 1.29 is 36.9 Å². The largest absolute Gasteiger partial charge is 0.494 e. The van der Waals surface area contributed by atoms with Gasteiger partial charge >= 0.3 is 12.1 Å². The molecule has 2 aromatic carbocycles. The molecule has 13 heteroatoms. The number of anilines is 3. The smallest absolute Gasteiger partial charge is 0.418 e. The van der Waals surface area contributed by atoms with Crippen LogP contribution in [0, 0.1) is 0 Å². The van der Waals surface area contributed by atoms with Crippen LogP contribution >= 0.6 is 0 Å². The number of hydrogen-bond donors (Lipinski definition) is 2. The van der Waals surface area contributed by atoms with Crippen molar-refractivity contribution in [2.24, 2.45) is 0 Å². The molecule has 0 bridgehead atoms. The first-order valence-corrected chi connectivity index (χ1v) is 15.3. The zero-order valence-corrected chi connectivity index (χ0v) is 25.9. The molecule has 3 aromatic rings. The van der Waals surface area contributed by atoms with Crippen molar-refractivity contribution in [3.63, 3.8) is 0 Å². The van der Waals surface area contributed by atoms with Crippen LogP contribution in [0.2, 0.25) is 0 Å². The molecule has 3 heterocycles. The minimum absolute atomic E-state index is 0.0319. The Morgan fingerprint density at radius 2 is 1.73 bits per heavy atom. The molecular formula is C32H40F3N5O5. The number of ether oxygens (including phenoxy) is 4. The molecule has 2 saturated heterocycles. The lowest BCUT2D eigenvalue weighted by Gasteiger charge is -2.30. The van der Waals surface area contributed by atoms with Crippen molar-refractivity contribution in [2.45, 2.75) is 32.4 Å². The maximum Gasteiger partial charge on any atom is 0.418 e. The number of piperazine rings is 1. The van der Waals surface area contributed by atoms with Crippen molar-refractivity contribution in [1.29, 1.82) is 0 Å². The number of esters is 1. The Kier molecular flexibility index (Phi) is 10.4. The van der Waals surface area contributed by atoms with Crippen LogP contribution in [-0.2, 0) is 10.9 Å². The summed E-state index contributed by atoms with van der Waals surface area (Å²) in [7, 11) is 2.89. The van der Waals surface area contributed by atoms with Crippen molar-refractivity contribution >= 4 is 34.1 Å². The quantitative estimate of drug-likeness (QED) is 0.198. The van der Waals surface area contributed by atoms with Crippen LogP contribution in [0.5, 0.6) is 17.2 Å². The Bertz CT molecular complexity index is 1490. The zero-order chi connectivity index (χ0) is 32.0. The van der Waals surface area contributed by atoms with Crippen LogP contribution in [0.4, 0.5) is 30.4 Å². The maximum absolute atomic E-state index is 14.9. The highest BCUT2D eigenvalue weighted by molar-refractivity contribution is 6.04. The number of benzene rings is 2. The van der Waals surface area contributed by atoms with Gasteiger partial charge in [-0.15, -0.1) is 0 Å². The van der Waals surface area contributed by atoms with E-state index in [0.717, 1.165) is 51.5 Å². The van der Waals surface area contributed by atoms with E-state index in [-0.39, 0.29) is 34.8 Å². The average molecular weight is 632 g/mol. The predicted molar refractivity (Wildman–Crippen MR) is 166 cm³/mol. The normalized spacial score (nSPS) is 15.7. The van der Waals surface area contributed by atoms with Crippen LogP contribution in [-0.4, -0.2) is 89.1 Å². The van der Waals surface area contributed by atoms with Crippen LogP contribution in [0.25, 0.3) is 10.9 Å². The molecule has 0 spiro atoms. The second kappa shape index (κ2) is 14.4. The summed E-state index contributed by atoms with van der Waals surface area (Å²) in [4.78, 5) is 22.2. The first-order valence-electron chi connectivity index (χ1n) is 15.3. The number of halogens is 3. The highest BCUT2D eigenvalue weighted by Crippen LogP contribution is 2.44. The fourth-order valence-electron chi connectivity index (χ4n) is 5.84. The van der Waals surface area contributed by atoms with E-state index in [1.165, 1.54) is 46.1 Å². The van der Waals surface area contributed by atoms with Gasteiger partial charge < -0.3 is 39.4 Å². The van der Waals surface area contributed by atoms with Gasteiger partial charge in [-0.3, -0.25) is 0 Å². The molecule has 10 nitrogen and oxygen atoms in total. The first kappa shape index (κ1) is 32.4. The summed E-state index contributed by atoms with van der Waals surface area (Å²) in [5, 5.41) is 5.95. The Morgan fingerprint density at radius 1 is 1.00 bits per heavy atom. The minimum atomic E-state index is -4.93. The van der Waals surface area contributed by atoms with Gasteiger partial charge in [-0.1, -0.05) is 0 Å². The summed E-state index contributed by atoms with van der Waals surface area (Å²) in [5.41, 5.74) is -0.684. The molecular weight excluding hydrogens is 591 g/mol. The number of alkyl halides is 3. The lowest BCUT2D eigenvalue weighted by Crippen LogP contribution is -2.43. The number of nitrogens with one attached hydrogen (secondary N) is 2. The number of fused-ring (bicyclic) bond motifs is 1. The summed E-state index contributed by atoms with van der Waals surface area (Å²) in [6, 6.07) is 7.99. The number of methoxy groups -OCH3 is 2. The van der Waals surface area contributed by atoms with Gasteiger partial charge in [-0.2, -0.15) is 13.2 Å². The monoisotopic (exact) mass is 631 g/mol. The van der Waals surface area contributed by atoms with Gasteiger partial charge in [-0.05, 0) is 57.5 Å². The van der Waals surface area contributed by atoms with Crippen molar-refractivity contribution in [2.75, 3.05) is 83.5 Å². The van der Waals surface area contributed by atoms with E-state index < -0.39 is 23.3 Å². The standard InChI is InChI=1S/C32H40F3N5O5/c1-4-44-31(41)28-29(32(33,34)35)22-19-27(45-17-7-14-39-12-5-6-13-39)26(43-3)20-24(22)38-30(28)37-23-9-8-21(18-25(23)42-2)40-15-10-36-11-16-40/h8-9,18-20,36H,4-7,10-17H2,1-3H3,(H,37,38). The van der Waals surface area contributed by atoms with E-state index in [9.17, 15) is 18.0 Å². The lowest BCUT2D eigenvalue weighted by molar-refractivity contribution is -0.136. The van der Waals surface area contributed by atoms with Crippen LogP contribution in [0.15, 0.2) is 30.3 Å². The molecule has 2 fully saturated rings. The number of carbonyl (C=O) groups excluding carboxylic acids is 1. The van der Waals surface area contributed by atoms with E-state index >= 15 is 0 Å². The summed E-state index contributed by atoms with van der Waals surface area (Å²) >= 11 is 0. The SMILES string of the molecule is CCOC(=O)c1c(Nc2ccc(N3CCNCC3)cc2OC)nc2cc(OC)c(OCCCN3CCCC3)cc2c1C(F)(F)F. The van der Waals surface area contributed by atoms with E-state index in [0.29, 0.717) is 24.5 Å². The maximum atomic E-state index is 14.9. The molecule has 0 radical (unpaired) electrons. The van der Waals surface area contributed by atoms with Crippen molar-refractivity contribution in [3.8, 4) is 17.2 Å². The molecule has 45 heavy (non-hydrogen) atoms. The van der Waals surface area contributed by atoms with E-state index in [4.69, 9.17) is 18.9 Å². The van der Waals surface area contributed by atoms with Gasteiger partial charge in [0, 0.05) is 55.9 Å². The summed E-state index contributed by atoms with van der Waals surface area (Å²) in [6.45, 7) is 7.90. The molecule has 0 aliphatic carbocycles. The fourth-order valence-corrected chi connectivity index (χ4v) is 5.84. The molecule has 0 amide bonds. The number of pyridine rings is 1. The molecule has 244 valence electrons. The van der Waals surface area contributed by atoms with Gasteiger partial charge in [0.05, 0.1) is 44.2 Å². The summed E-state index contributed by atoms with van der Waals surface area (Å²) in [5.74, 6) is -0.715. The highest BCUT2D eigenvalue weighted by atomic mass is 19.4. The third-order valence-corrected chi connectivity index (χ3v) is 8.03. The van der Waals surface area contributed by atoms with Gasteiger partial charge in [0.25, 0.3) is 0 Å². The molecule has 0 unspecified atom stereocenters. The van der Waals surface area contributed by atoms with Crippen LogP contribution < -0.4 is 29.7 Å². The molecule has 2 N–H and O–H groups in total. The van der Waals surface area contributed by atoms with E-state index in [1.54, 1.807) is 12.1 Å². The zero-order valence-electron chi connectivity index (χ0n) is 25.9. The molecule has 2 aliphatic heterocycles. The number of carbonyl (C=O) groups is 1. The first-order chi connectivity index (χ1) is 21.7. The molecule has 0 atom stereocenters. The third kappa shape index (κ3) is 7.47. The Balaban J connectivity index is 1.56. The lowest BCUT2D eigenvalue weighted by atomic mass is 10.0. The number of aromatic nitrogens is 1. The molecule has 5 rings (SSSR count).